The van der Waals surface area contributed by atoms with Crippen LogP contribution >= 0.6 is 0 Å². The van der Waals surface area contributed by atoms with Gasteiger partial charge in [-0.1, -0.05) is 0 Å². The van der Waals surface area contributed by atoms with Crippen LogP contribution in [0.2, 0.25) is 0 Å². The molecule has 8 nitrogen and oxygen atoms in total. The van der Waals surface area contributed by atoms with Gasteiger partial charge in [-0.15, -0.1) is 10.2 Å². The summed E-state index contributed by atoms with van der Waals surface area (Å²) >= 11 is 0. The Morgan fingerprint density at radius 1 is 1.07 bits per heavy atom. The highest BCUT2D eigenvalue weighted by Crippen LogP contribution is 2.13. The average molecular weight is 369 g/mol. The Hall–Kier alpha value is -3.03. The normalized spacial score (nSPS) is 15.2. The Kier molecular flexibility index (Phi) is 6.30. The Morgan fingerprint density at radius 3 is 2.37 bits per heavy atom. The fourth-order valence-electron chi connectivity index (χ4n) is 3.19. The molecule has 1 aromatic carbocycles. The van der Waals surface area contributed by atoms with Crippen LogP contribution in [0, 0.1) is 0 Å². The van der Waals surface area contributed by atoms with E-state index in [1.54, 1.807) is 46.4 Å². The molecule has 1 saturated heterocycles. The molecule has 0 radical (unpaired) electrons. The molecule has 0 saturated carbocycles. The second kappa shape index (κ2) is 9.07. The van der Waals surface area contributed by atoms with E-state index >= 15 is 0 Å². The second-order valence-corrected chi connectivity index (χ2v) is 6.57. The lowest BCUT2D eigenvalue weighted by Crippen LogP contribution is -2.50. The van der Waals surface area contributed by atoms with Gasteiger partial charge >= 0.3 is 0 Å². The average Bonchev–Trinajstić information content (AvgIpc) is 3.26. The van der Waals surface area contributed by atoms with Crippen molar-refractivity contribution in [2.45, 2.75) is 38.1 Å². The Labute approximate surface area is 157 Å². The Balaban J connectivity index is 1.67. The lowest BCUT2D eigenvalue weighted by molar-refractivity contribution is -0.134. The molecule has 0 unspecified atom stereocenters. The number of aromatic nitrogens is 3. The number of carbonyl (C=O) groups is 3. The summed E-state index contributed by atoms with van der Waals surface area (Å²) in [5.74, 6) is -0.433. The van der Waals surface area contributed by atoms with Gasteiger partial charge in [0.1, 0.15) is 25.0 Å². The summed E-state index contributed by atoms with van der Waals surface area (Å²) in [6.45, 7) is 1.42. The van der Waals surface area contributed by atoms with E-state index in [1.165, 1.54) is 0 Å². The fourth-order valence-corrected chi connectivity index (χ4v) is 3.19. The maximum absolute atomic E-state index is 12.8. The fraction of sp³-hybridized carbons (Fsp3) is 0.421. The van der Waals surface area contributed by atoms with Gasteiger partial charge < -0.3 is 15.0 Å². The maximum atomic E-state index is 12.8. The smallest absolute Gasteiger partial charge is 0.251 e. The number of nitrogens with one attached hydrogen (secondary N) is 1. The lowest BCUT2D eigenvalue weighted by atomic mass is 10.1. The molecule has 8 heteroatoms. The molecule has 1 aromatic heterocycles. The minimum absolute atomic E-state index is 0.106. The number of carbonyl (C=O) groups excluding carboxylic acids is 3. The molecule has 0 spiro atoms. The summed E-state index contributed by atoms with van der Waals surface area (Å²) in [4.78, 5) is 37.9. The summed E-state index contributed by atoms with van der Waals surface area (Å²) in [7, 11) is 0. The number of aldehydes is 1. The number of hydrogen-bond acceptors (Lipinski definition) is 5. The first-order valence-corrected chi connectivity index (χ1v) is 9.17. The largest absolute Gasteiger partial charge is 0.341 e. The molecule has 1 aliphatic heterocycles. The summed E-state index contributed by atoms with van der Waals surface area (Å²) in [6, 6.07) is 6.26. The van der Waals surface area contributed by atoms with Gasteiger partial charge in [0.25, 0.3) is 5.91 Å². The summed E-state index contributed by atoms with van der Waals surface area (Å²) in [5, 5.41) is 10.3. The number of amides is 2. The van der Waals surface area contributed by atoms with Crippen LogP contribution in [0.1, 0.15) is 42.5 Å². The van der Waals surface area contributed by atoms with Crippen molar-refractivity contribution in [1.82, 2.24) is 25.0 Å². The number of piperidine rings is 1. The third kappa shape index (κ3) is 4.78. The first-order chi connectivity index (χ1) is 13.2. The molecule has 27 heavy (non-hydrogen) atoms. The third-order valence-electron chi connectivity index (χ3n) is 4.69. The van der Waals surface area contributed by atoms with Gasteiger partial charge in [0.15, 0.2) is 0 Å². The predicted octanol–water partition coefficient (Wildman–Crippen LogP) is 1.36. The van der Waals surface area contributed by atoms with Crippen molar-refractivity contribution in [1.29, 1.82) is 0 Å². The number of nitrogens with zero attached hydrogens (tertiary/aromatic N) is 4. The first kappa shape index (κ1) is 18.8. The van der Waals surface area contributed by atoms with Gasteiger partial charge in [0.05, 0.1) is 0 Å². The standard InChI is InChI=1S/C19H23N5O3/c25-12-4-5-17(19(27)23-10-2-1-3-11-23)22-18(26)15-6-8-16(9-7-15)24-13-20-21-14-24/h6-9,12-14,17H,1-5,10-11H2,(H,22,26)/t17-/m0/s1. The summed E-state index contributed by atoms with van der Waals surface area (Å²) in [6.07, 6.45) is 7.53. The molecular formula is C19H23N5O3. The van der Waals surface area contributed by atoms with Crippen LogP contribution in [0.25, 0.3) is 5.69 Å². The summed E-state index contributed by atoms with van der Waals surface area (Å²) < 4.78 is 1.73. The van der Waals surface area contributed by atoms with E-state index < -0.39 is 6.04 Å². The minimum atomic E-state index is -0.682. The Bertz CT molecular complexity index is 767. The van der Waals surface area contributed by atoms with Crippen LogP contribution in [0.15, 0.2) is 36.9 Å². The van der Waals surface area contributed by atoms with Crippen LogP contribution in [-0.4, -0.2) is 56.9 Å². The van der Waals surface area contributed by atoms with Gasteiger partial charge in [0.2, 0.25) is 5.91 Å². The lowest BCUT2D eigenvalue weighted by Gasteiger charge is -2.30. The van der Waals surface area contributed by atoms with Crippen molar-refractivity contribution in [2.75, 3.05) is 13.1 Å². The SMILES string of the molecule is O=CCC[C@H](NC(=O)c1ccc(-n2cnnc2)cc1)C(=O)N1CCCCC1. The molecular weight excluding hydrogens is 346 g/mol. The van der Waals surface area contributed by atoms with Crippen LogP contribution in [0.5, 0.6) is 0 Å². The van der Waals surface area contributed by atoms with E-state index in [1.807, 2.05) is 0 Å². The zero-order valence-corrected chi connectivity index (χ0v) is 15.1. The molecule has 0 aliphatic carbocycles. The second-order valence-electron chi connectivity index (χ2n) is 6.57. The minimum Gasteiger partial charge on any atom is -0.341 e. The van der Waals surface area contributed by atoms with Crippen LogP contribution in [-0.2, 0) is 9.59 Å². The highest BCUT2D eigenvalue weighted by atomic mass is 16.2. The molecule has 1 aliphatic rings. The third-order valence-corrected chi connectivity index (χ3v) is 4.69. The van der Waals surface area contributed by atoms with E-state index in [-0.39, 0.29) is 18.2 Å². The van der Waals surface area contributed by atoms with Gasteiger partial charge in [-0.25, -0.2) is 0 Å². The van der Waals surface area contributed by atoms with Crippen molar-refractivity contribution < 1.29 is 14.4 Å². The molecule has 2 amide bonds. The van der Waals surface area contributed by atoms with Gasteiger partial charge in [-0.05, 0) is 49.9 Å². The zero-order valence-electron chi connectivity index (χ0n) is 15.1. The van der Waals surface area contributed by atoms with Crippen molar-refractivity contribution >= 4 is 18.1 Å². The van der Waals surface area contributed by atoms with Crippen LogP contribution in [0.4, 0.5) is 0 Å². The van der Waals surface area contributed by atoms with Crippen molar-refractivity contribution in [2.24, 2.45) is 0 Å². The van der Waals surface area contributed by atoms with E-state index in [0.717, 1.165) is 31.2 Å². The monoisotopic (exact) mass is 369 g/mol. The molecule has 1 atom stereocenters. The number of likely N-dealkylation sites (tertiary alicyclic amines) is 1. The topological polar surface area (TPSA) is 97.2 Å². The quantitative estimate of drug-likeness (QED) is 0.743. The van der Waals surface area contributed by atoms with Crippen LogP contribution in [0.3, 0.4) is 0 Å². The zero-order chi connectivity index (χ0) is 19.1. The van der Waals surface area contributed by atoms with Crippen LogP contribution < -0.4 is 5.32 Å². The van der Waals surface area contributed by atoms with Crippen molar-refractivity contribution in [3.63, 3.8) is 0 Å². The number of hydrogen-bond donors (Lipinski definition) is 1. The van der Waals surface area contributed by atoms with E-state index in [0.29, 0.717) is 25.1 Å². The molecule has 2 aromatic rings. The first-order valence-electron chi connectivity index (χ1n) is 9.17. The number of rotatable bonds is 7. The molecule has 2 heterocycles. The van der Waals surface area contributed by atoms with E-state index in [9.17, 15) is 14.4 Å². The molecule has 0 bridgehead atoms. The Morgan fingerprint density at radius 2 is 1.74 bits per heavy atom. The molecule has 3 rings (SSSR count). The summed E-state index contributed by atoms with van der Waals surface area (Å²) in [5.41, 5.74) is 1.29. The maximum Gasteiger partial charge on any atom is 0.251 e. The molecule has 1 fully saturated rings. The van der Waals surface area contributed by atoms with Crippen molar-refractivity contribution in [3.05, 3.63) is 42.5 Å². The van der Waals surface area contributed by atoms with Gasteiger partial charge in [0, 0.05) is 30.8 Å². The van der Waals surface area contributed by atoms with Gasteiger partial charge in [-0.3, -0.25) is 14.2 Å². The predicted molar refractivity (Wildman–Crippen MR) is 98.3 cm³/mol. The van der Waals surface area contributed by atoms with E-state index in [2.05, 4.69) is 15.5 Å². The van der Waals surface area contributed by atoms with E-state index in [4.69, 9.17) is 0 Å². The highest BCUT2D eigenvalue weighted by molar-refractivity contribution is 5.97. The molecule has 142 valence electrons. The van der Waals surface area contributed by atoms with Gasteiger partial charge in [-0.2, -0.15) is 0 Å². The van der Waals surface area contributed by atoms with Crippen molar-refractivity contribution in [3.8, 4) is 5.69 Å². The number of benzene rings is 1. The highest BCUT2D eigenvalue weighted by Gasteiger charge is 2.27. The molecule has 1 N–H and O–H groups in total.